The van der Waals surface area contributed by atoms with Crippen molar-refractivity contribution < 1.29 is 0 Å². The monoisotopic (exact) mass is 189 g/mol. The summed E-state index contributed by atoms with van der Waals surface area (Å²) in [6, 6.07) is 6.19. The summed E-state index contributed by atoms with van der Waals surface area (Å²) in [5.41, 5.74) is 10.7. The van der Waals surface area contributed by atoms with Crippen molar-refractivity contribution in [3.63, 3.8) is 0 Å². The summed E-state index contributed by atoms with van der Waals surface area (Å²) in [4.78, 5) is 0. The van der Waals surface area contributed by atoms with Gasteiger partial charge in [-0.05, 0) is 48.6 Å². The fourth-order valence-electron chi connectivity index (χ4n) is 1.77. The van der Waals surface area contributed by atoms with E-state index in [0.29, 0.717) is 0 Å². The molecule has 1 aromatic rings. The van der Waals surface area contributed by atoms with E-state index in [1.807, 2.05) is 6.07 Å². The molecule has 0 bridgehead atoms. The lowest BCUT2D eigenvalue weighted by Crippen LogP contribution is -1.94. The Kier molecular flexibility index (Phi) is 3.75. The standard InChI is InChI=1S/C13H19N/c1-4-10(5-2)13-8-7-12(14)9-11(13)6-3/h4,7-9H,5-6,14H2,1-3H3/b10-4+. The number of nitrogen functional groups attached to an aromatic ring is 1. The van der Waals surface area contributed by atoms with E-state index in [-0.39, 0.29) is 0 Å². The van der Waals surface area contributed by atoms with Crippen LogP contribution in [0.15, 0.2) is 24.3 Å². The molecule has 0 saturated heterocycles. The molecule has 0 atom stereocenters. The average molecular weight is 189 g/mol. The summed E-state index contributed by atoms with van der Waals surface area (Å²) in [5.74, 6) is 0. The highest BCUT2D eigenvalue weighted by Gasteiger charge is 2.04. The third-order valence-electron chi connectivity index (χ3n) is 2.59. The Balaban J connectivity index is 3.20. The number of allylic oxidation sites excluding steroid dienone is 2. The van der Waals surface area contributed by atoms with Crippen LogP contribution < -0.4 is 5.73 Å². The highest BCUT2D eigenvalue weighted by molar-refractivity contribution is 5.69. The first-order chi connectivity index (χ1) is 6.72. The molecule has 1 nitrogen and oxygen atoms in total. The van der Waals surface area contributed by atoms with Crippen molar-refractivity contribution >= 4 is 11.3 Å². The van der Waals surface area contributed by atoms with E-state index < -0.39 is 0 Å². The van der Waals surface area contributed by atoms with E-state index in [0.717, 1.165) is 18.5 Å². The molecule has 0 heterocycles. The predicted molar refractivity (Wildman–Crippen MR) is 64.2 cm³/mol. The molecule has 76 valence electrons. The van der Waals surface area contributed by atoms with E-state index in [1.165, 1.54) is 16.7 Å². The highest BCUT2D eigenvalue weighted by atomic mass is 14.5. The van der Waals surface area contributed by atoms with Crippen molar-refractivity contribution in [2.45, 2.75) is 33.6 Å². The van der Waals surface area contributed by atoms with Gasteiger partial charge in [0.15, 0.2) is 0 Å². The SMILES string of the molecule is C/C=C(\CC)c1ccc(N)cc1CC. The summed E-state index contributed by atoms with van der Waals surface area (Å²) in [6.07, 6.45) is 4.30. The summed E-state index contributed by atoms with van der Waals surface area (Å²) >= 11 is 0. The van der Waals surface area contributed by atoms with E-state index in [4.69, 9.17) is 5.73 Å². The van der Waals surface area contributed by atoms with Gasteiger partial charge < -0.3 is 5.73 Å². The van der Waals surface area contributed by atoms with Crippen molar-refractivity contribution in [3.8, 4) is 0 Å². The van der Waals surface area contributed by atoms with Gasteiger partial charge in [0.25, 0.3) is 0 Å². The number of benzene rings is 1. The molecule has 0 unspecified atom stereocenters. The molecule has 1 heteroatoms. The van der Waals surface area contributed by atoms with Gasteiger partial charge in [-0.1, -0.05) is 26.0 Å². The quantitative estimate of drug-likeness (QED) is 0.722. The van der Waals surface area contributed by atoms with Crippen LogP contribution in [0.2, 0.25) is 0 Å². The second-order valence-electron chi connectivity index (χ2n) is 3.44. The zero-order valence-corrected chi connectivity index (χ0v) is 9.30. The van der Waals surface area contributed by atoms with E-state index in [1.54, 1.807) is 0 Å². The Hall–Kier alpha value is -1.24. The van der Waals surface area contributed by atoms with Crippen molar-refractivity contribution in [1.82, 2.24) is 0 Å². The fraction of sp³-hybridized carbons (Fsp3) is 0.385. The van der Waals surface area contributed by atoms with Crippen LogP contribution in [-0.4, -0.2) is 0 Å². The molecule has 1 rings (SSSR count). The van der Waals surface area contributed by atoms with Crippen LogP contribution >= 0.6 is 0 Å². The lowest BCUT2D eigenvalue weighted by molar-refractivity contribution is 1.11. The van der Waals surface area contributed by atoms with Gasteiger partial charge in [-0.3, -0.25) is 0 Å². The molecule has 0 radical (unpaired) electrons. The van der Waals surface area contributed by atoms with Gasteiger partial charge in [0.2, 0.25) is 0 Å². The zero-order valence-electron chi connectivity index (χ0n) is 9.30. The van der Waals surface area contributed by atoms with E-state index in [2.05, 4.69) is 39.0 Å². The first-order valence-electron chi connectivity index (χ1n) is 5.26. The number of nitrogens with two attached hydrogens (primary N) is 1. The van der Waals surface area contributed by atoms with Gasteiger partial charge >= 0.3 is 0 Å². The Bertz CT molecular complexity index is 337. The summed E-state index contributed by atoms with van der Waals surface area (Å²) in [7, 11) is 0. The molecule has 0 spiro atoms. The minimum Gasteiger partial charge on any atom is -0.399 e. The minimum atomic E-state index is 0.858. The fourth-order valence-corrected chi connectivity index (χ4v) is 1.77. The largest absolute Gasteiger partial charge is 0.399 e. The lowest BCUT2D eigenvalue weighted by Gasteiger charge is -2.10. The van der Waals surface area contributed by atoms with E-state index >= 15 is 0 Å². The molecule has 0 aliphatic heterocycles. The van der Waals surface area contributed by atoms with Crippen LogP contribution in [0.4, 0.5) is 5.69 Å². The molecule has 0 saturated carbocycles. The van der Waals surface area contributed by atoms with Gasteiger partial charge in [-0.15, -0.1) is 0 Å². The number of rotatable bonds is 3. The van der Waals surface area contributed by atoms with Gasteiger partial charge in [-0.25, -0.2) is 0 Å². The third kappa shape index (κ3) is 2.16. The average Bonchev–Trinajstić information content (AvgIpc) is 2.21. The maximum atomic E-state index is 5.77. The summed E-state index contributed by atoms with van der Waals surface area (Å²) in [5, 5.41) is 0. The summed E-state index contributed by atoms with van der Waals surface area (Å²) < 4.78 is 0. The first-order valence-corrected chi connectivity index (χ1v) is 5.26. The molecule has 0 amide bonds. The zero-order chi connectivity index (χ0) is 10.6. The molecule has 0 aliphatic rings. The Labute approximate surface area is 86.6 Å². The molecular formula is C13H19N. The highest BCUT2D eigenvalue weighted by Crippen LogP contribution is 2.24. The topological polar surface area (TPSA) is 26.0 Å². The Morgan fingerprint density at radius 2 is 2.07 bits per heavy atom. The van der Waals surface area contributed by atoms with Gasteiger partial charge in [0.05, 0.1) is 0 Å². The normalized spacial score (nSPS) is 11.8. The van der Waals surface area contributed by atoms with Crippen LogP contribution in [0, 0.1) is 0 Å². The van der Waals surface area contributed by atoms with Crippen molar-refractivity contribution in [3.05, 3.63) is 35.4 Å². The molecule has 14 heavy (non-hydrogen) atoms. The molecule has 0 aromatic heterocycles. The first kappa shape index (κ1) is 10.8. The molecule has 0 fully saturated rings. The second kappa shape index (κ2) is 4.85. The Morgan fingerprint density at radius 3 is 2.57 bits per heavy atom. The van der Waals surface area contributed by atoms with Crippen molar-refractivity contribution in [1.29, 1.82) is 0 Å². The third-order valence-corrected chi connectivity index (χ3v) is 2.59. The predicted octanol–water partition coefficient (Wildman–Crippen LogP) is 3.64. The maximum absolute atomic E-state index is 5.77. The molecular weight excluding hydrogens is 170 g/mol. The Morgan fingerprint density at radius 1 is 1.36 bits per heavy atom. The second-order valence-corrected chi connectivity index (χ2v) is 3.44. The minimum absolute atomic E-state index is 0.858. The van der Waals surface area contributed by atoms with Gasteiger partial charge in [0, 0.05) is 5.69 Å². The van der Waals surface area contributed by atoms with Crippen molar-refractivity contribution in [2.75, 3.05) is 5.73 Å². The van der Waals surface area contributed by atoms with Gasteiger partial charge in [-0.2, -0.15) is 0 Å². The lowest BCUT2D eigenvalue weighted by atomic mass is 9.96. The van der Waals surface area contributed by atoms with Crippen molar-refractivity contribution in [2.24, 2.45) is 0 Å². The van der Waals surface area contributed by atoms with Gasteiger partial charge in [0.1, 0.15) is 0 Å². The molecule has 1 aromatic carbocycles. The number of aryl methyl sites for hydroxylation is 1. The number of anilines is 1. The summed E-state index contributed by atoms with van der Waals surface area (Å²) in [6.45, 7) is 6.45. The maximum Gasteiger partial charge on any atom is 0.0317 e. The van der Waals surface area contributed by atoms with Crippen LogP contribution in [0.25, 0.3) is 5.57 Å². The smallest absolute Gasteiger partial charge is 0.0317 e. The van der Waals surface area contributed by atoms with Crippen LogP contribution in [0.1, 0.15) is 38.3 Å². The number of hydrogen-bond acceptors (Lipinski definition) is 1. The number of hydrogen-bond donors (Lipinski definition) is 1. The van der Waals surface area contributed by atoms with Crippen LogP contribution in [0.3, 0.4) is 0 Å². The van der Waals surface area contributed by atoms with Crippen LogP contribution in [-0.2, 0) is 6.42 Å². The molecule has 0 aliphatic carbocycles. The van der Waals surface area contributed by atoms with E-state index in [9.17, 15) is 0 Å². The molecule has 2 N–H and O–H groups in total. The van der Waals surface area contributed by atoms with Crippen LogP contribution in [0.5, 0.6) is 0 Å².